The van der Waals surface area contributed by atoms with Crippen LogP contribution in [0.3, 0.4) is 0 Å². The number of aliphatic hydroxyl groups excluding tert-OH is 1. The van der Waals surface area contributed by atoms with Gasteiger partial charge in [-0.15, -0.1) is 4.52 Å². The molecule has 0 aromatic rings. The van der Waals surface area contributed by atoms with Gasteiger partial charge in [-0.1, -0.05) is 0 Å². The molecular formula is C4H9O4P. The Morgan fingerprint density at radius 1 is 2.11 bits per heavy atom. The number of hydrogen-bond acceptors (Lipinski definition) is 4. The van der Waals surface area contributed by atoms with Gasteiger partial charge < -0.3 is 10.0 Å². The summed E-state index contributed by atoms with van der Waals surface area (Å²) in [5, 5.41) is 3.97. The lowest BCUT2D eigenvalue weighted by Gasteiger charge is -2.00. The van der Waals surface area contributed by atoms with Crippen LogP contribution in [0.5, 0.6) is 0 Å². The third-order valence-electron chi connectivity index (χ3n) is 0.790. The predicted molar refractivity (Wildman–Crippen MR) is 29.9 cm³/mol. The van der Waals surface area contributed by atoms with E-state index >= 15 is 0 Å². The molecule has 0 aromatic carbocycles. The molecule has 2 atom stereocenters. The Morgan fingerprint density at radius 2 is 2.78 bits per heavy atom. The van der Waals surface area contributed by atoms with Gasteiger partial charge in [0.15, 0.2) is 0 Å². The highest BCUT2D eigenvalue weighted by Crippen LogP contribution is 2.14. The molecule has 4 nitrogen and oxygen atoms in total. The highest BCUT2D eigenvalue weighted by atomic mass is 31.1. The van der Waals surface area contributed by atoms with Crippen molar-refractivity contribution in [1.82, 2.24) is 0 Å². The zero-order valence-electron chi connectivity index (χ0n) is 6.07. The fourth-order valence-corrected chi connectivity index (χ4v) is 0.765. The largest absolute Gasteiger partial charge is 0.566 e. The van der Waals surface area contributed by atoms with Crippen molar-refractivity contribution in [2.24, 2.45) is 0 Å². The quantitative estimate of drug-likeness (QED) is 0.556. The van der Waals surface area contributed by atoms with Crippen molar-refractivity contribution in [1.29, 1.82) is 1.43 Å². The molecule has 9 heavy (non-hydrogen) atoms. The minimum atomic E-state index is -2.77. The average Bonchev–Trinajstić information content (AvgIpc) is 1.82. The Kier molecular flexibility index (Phi) is 3.80. The Hall–Kier alpha value is -0.0200. The zero-order chi connectivity index (χ0) is 7.98. The molecule has 0 aromatic heterocycles. The third-order valence-corrected chi connectivity index (χ3v) is 1.32. The first-order valence-electron chi connectivity index (χ1n) is 2.97. The van der Waals surface area contributed by atoms with Crippen molar-refractivity contribution in [2.75, 3.05) is 6.61 Å². The van der Waals surface area contributed by atoms with E-state index in [1.165, 1.54) is 0 Å². The topological polar surface area (TPSA) is 69.6 Å². The third kappa shape index (κ3) is 5.86. The summed E-state index contributed by atoms with van der Waals surface area (Å²) in [6, 6.07) is 0. The molecule has 0 heterocycles. The van der Waals surface area contributed by atoms with Gasteiger partial charge in [-0.25, -0.2) is 0 Å². The molecule has 0 fully saturated rings. The highest BCUT2D eigenvalue weighted by Gasteiger charge is 2.09. The van der Waals surface area contributed by atoms with Crippen LogP contribution in [-0.2, 0) is 9.09 Å². The molecular weight excluding hydrogens is 143 g/mol. The second-order valence-corrected chi connectivity index (χ2v) is 2.29. The lowest BCUT2D eigenvalue weighted by atomic mass is 10.3. The summed E-state index contributed by atoms with van der Waals surface area (Å²) in [4.78, 5) is 9.90. The predicted octanol–water partition coefficient (Wildman–Crippen LogP) is -0.208. The van der Waals surface area contributed by atoms with Gasteiger partial charge in [0.2, 0.25) is 1.43 Å². The smallest absolute Gasteiger partial charge is 0.488 e. The maximum absolute atomic E-state index is 9.90. The summed E-state index contributed by atoms with van der Waals surface area (Å²) in [5.41, 5.74) is 0. The Bertz CT molecular complexity index is 109. The van der Waals surface area contributed by atoms with Gasteiger partial charge >= 0.3 is 8.25 Å². The van der Waals surface area contributed by atoms with E-state index in [-0.39, 0.29) is 6.61 Å². The van der Waals surface area contributed by atoms with Gasteiger partial charge in [-0.2, -0.15) is 0 Å². The molecule has 54 valence electrons. The van der Waals surface area contributed by atoms with E-state index in [0.717, 1.165) is 0 Å². The van der Waals surface area contributed by atoms with Crippen LogP contribution in [0.25, 0.3) is 0 Å². The lowest BCUT2D eigenvalue weighted by molar-refractivity contribution is -0.189. The first kappa shape index (κ1) is 7.09. The van der Waals surface area contributed by atoms with E-state index in [9.17, 15) is 9.46 Å². The van der Waals surface area contributed by atoms with Crippen LogP contribution in [0, 0.1) is 0 Å². The maximum atomic E-state index is 9.90. The molecule has 5 heteroatoms. The number of hydrogen-bond donors (Lipinski definition) is 1. The second kappa shape index (κ2) is 4.82. The molecule has 0 radical (unpaired) electrons. The standard InChI is InChI=1S/C4H9O4P/c1-4(2-3-5)8-9(6)7/h4-5H,2-3H2,1H3/i5T. The van der Waals surface area contributed by atoms with E-state index in [1.807, 2.05) is 0 Å². The Labute approximate surface area is 55.9 Å². The zero-order valence-corrected chi connectivity index (χ0v) is 5.97. The molecule has 0 aliphatic rings. The molecule has 1 N–H and O–H groups in total. The summed E-state index contributed by atoms with van der Waals surface area (Å²) < 4.78 is 20.5. The van der Waals surface area contributed by atoms with Crippen molar-refractivity contribution in [2.45, 2.75) is 19.4 Å². The van der Waals surface area contributed by atoms with E-state index in [2.05, 4.69) is 9.63 Å². The van der Waals surface area contributed by atoms with Crippen molar-refractivity contribution in [3.05, 3.63) is 0 Å². The minimum absolute atomic E-state index is 0.185. The number of rotatable bonds is 5. The van der Waals surface area contributed by atoms with Gasteiger partial charge in [0.1, 0.15) is 6.10 Å². The van der Waals surface area contributed by atoms with Crippen molar-refractivity contribution < 1.29 is 19.1 Å². The lowest BCUT2D eigenvalue weighted by Crippen LogP contribution is -2.07. The molecule has 0 rings (SSSR count). The van der Waals surface area contributed by atoms with Crippen LogP contribution in [0.1, 0.15) is 13.3 Å². The van der Waals surface area contributed by atoms with Gasteiger partial charge in [0.25, 0.3) is 0 Å². The fourth-order valence-electron chi connectivity index (χ4n) is 0.366. The summed E-state index contributed by atoms with van der Waals surface area (Å²) >= 11 is 0. The number of aliphatic hydroxyl groups is 1. The normalized spacial score (nSPS) is 16.7. The van der Waals surface area contributed by atoms with Crippen LogP contribution in [0.15, 0.2) is 0 Å². The van der Waals surface area contributed by atoms with Gasteiger partial charge in [0.05, 0.1) is 0 Å². The molecule has 0 spiro atoms. The highest BCUT2D eigenvalue weighted by molar-refractivity contribution is 7.30. The van der Waals surface area contributed by atoms with Crippen LogP contribution in [-0.4, -0.2) is 19.3 Å². The van der Waals surface area contributed by atoms with Crippen LogP contribution < -0.4 is 4.89 Å². The van der Waals surface area contributed by atoms with Crippen LogP contribution >= 0.6 is 8.25 Å². The van der Waals surface area contributed by atoms with Crippen molar-refractivity contribution in [3.8, 4) is 0 Å². The van der Waals surface area contributed by atoms with Crippen LogP contribution in [0.2, 0.25) is 0 Å². The second-order valence-electron chi connectivity index (χ2n) is 1.63. The molecule has 0 aliphatic heterocycles. The SMILES string of the molecule is [3H]OCCC(C)O[P+](=O)[O-]. The van der Waals surface area contributed by atoms with E-state index in [4.69, 9.17) is 1.43 Å². The van der Waals surface area contributed by atoms with E-state index in [1.54, 1.807) is 6.92 Å². The fraction of sp³-hybridized carbons (Fsp3) is 1.00. The molecule has 0 amide bonds. The van der Waals surface area contributed by atoms with E-state index < -0.39 is 14.4 Å². The first-order valence-corrected chi connectivity index (χ1v) is 3.65. The van der Waals surface area contributed by atoms with Crippen molar-refractivity contribution >= 4 is 8.25 Å². The summed E-state index contributed by atoms with van der Waals surface area (Å²) in [7, 11) is -2.77. The molecule has 0 aliphatic carbocycles. The molecule has 0 saturated carbocycles. The minimum Gasteiger partial charge on any atom is -0.566 e. The summed E-state index contributed by atoms with van der Waals surface area (Å²) in [6.45, 7) is 1.79. The Balaban J connectivity index is 3.25. The molecule has 2 unspecified atom stereocenters. The van der Waals surface area contributed by atoms with Gasteiger partial charge in [-0.05, 0) is 11.5 Å². The molecule has 0 saturated heterocycles. The van der Waals surface area contributed by atoms with Crippen molar-refractivity contribution in [3.63, 3.8) is 0 Å². The average molecular weight is 154 g/mol. The van der Waals surface area contributed by atoms with E-state index in [0.29, 0.717) is 6.42 Å². The first-order chi connectivity index (χ1) is 4.66. The van der Waals surface area contributed by atoms with Gasteiger partial charge in [-0.3, -0.25) is 0 Å². The summed E-state index contributed by atoms with van der Waals surface area (Å²) in [6.07, 6.45) is 0.0127. The van der Waals surface area contributed by atoms with Crippen LogP contribution in [0.4, 0.5) is 0 Å². The Morgan fingerprint density at radius 3 is 3.22 bits per heavy atom. The summed E-state index contributed by atoms with van der Waals surface area (Å²) in [5.74, 6) is 0. The maximum Gasteiger partial charge on any atom is 0.488 e. The van der Waals surface area contributed by atoms with Gasteiger partial charge in [0, 0.05) is 13.0 Å². The molecule has 0 bridgehead atoms. The monoisotopic (exact) mass is 154 g/mol.